The average Bonchev–Trinajstić information content (AvgIpc) is 2.11. The highest BCUT2D eigenvalue weighted by Crippen LogP contribution is 2.41. The number of carbonyl (C=O) groups excluding carboxylic acids is 1. The molecule has 0 aromatic heterocycles. The monoisotopic (exact) mass is 210 g/mol. The lowest BCUT2D eigenvalue weighted by Gasteiger charge is -2.35. The van der Waals surface area contributed by atoms with Crippen LogP contribution >= 0.6 is 0 Å². The van der Waals surface area contributed by atoms with Crippen molar-refractivity contribution < 1.29 is 9.53 Å². The number of rotatable bonds is 2. The molecule has 1 saturated carbocycles. The van der Waals surface area contributed by atoms with E-state index in [1.54, 1.807) is 6.08 Å². The van der Waals surface area contributed by atoms with Crippen molar-refractivity contribution in [3.05, 3.63) is 11.6 Å². The van der Waals surface area contributed by atoms with E-state index in [1.165, 1.54) is 18.4 Å². The van der Waals surface area contributed by atoms with Crippen molar-refractivity contribution in [1.82, 2.24) is 0 Å². The van der Waals surface area contributed by atoms with Crippen LogP contribution in [0.25, 0.3) is 0 Å². The smallest absolute Gasteiger partial charge is 0.330 e. The molecule has 1 atom stereocenters. The number of hydrogen-bond donors (Lipinski definition) is 0. The lowest BCUT2D eigenvalue weighted by Crippen LogP contribution is -2.23. The molecule has 0 aliphatic heterocycles. The largest absolute Gasteiger partial charge is 0.463 e. The van der Waals surface area contributed by atoms with E-state index in [0.717, 1.165) is 6.42 Å². The maximum Gasteiger partial charge on any atom is 0.330 e. The highest BCUT2D eigenvalue weighted by molar-refractivity contribution is 5.82. The third-order valence-corrected chi connectivity index (χ3v) is 3.16. The molecule has 1 aliphatic carbocycles. The zero-order valence-corrected chi connectivity index (χ0v) is 10.3. The third-order valence-electron chi connectivity index (χ3n) is 3.16. The van der Waals surface area contributed by atoms with Gasteiger partial charge < -0.3 is 4.74 Å². The van der Waals surface area contributed by atoms with Gasteiger partial charge in [-0.1, -0.05) is 26.3 Å². The second-order valence-electron chi connectivity index (χ2n) is 5.25. The molecule has 15 heavy (non-hydrogen) atoms. The van der Waals surface area contributed by atoms with Crippen molar-refractivity contribution >= 4 is 5.97 Å². The molecule has 1 unspecified atom stereocenters. The van der Waals surface area contributed by atoms with Gasteiger partial charge in [0.2, 0.25) is 0 Å². The minimum Gasteiger partial charge on any atom is -0.463 e. The quantitative estimate of drug-likeness (QED) is 0.516. The molecule has 0 amide bonds. The molecule has 0 spiro atoms. The first kappa shape index (κ1) is 12.3. The van der Waals surface area contributed by atoms with Gasteiger partial charge in [0.1, 0.15) is 0 Å². The van der Waals surface area contributed by atoms with E-state index in [0.29, 0.717) is 17.9 Å². The average molecular weight is 210 g/mol. The Labute approximate surface area is 92.7 Å². The van der Waals surface area contributed by atoms with E-state index in [4.69, 9.17) is 4.74 Å². The first-order chi connectivity index (χ1) is 6.94. The molecule has 0 aromatic rings. The first-order valence-corrected chi connectivity index (χ1v) is 5.82. The van der Waals surface area contributed by atoms with Crippen LogP contribution in [0.1, 0.15) is 47.0 Å². The van der Waals surface area contributed by atoms with Crippen molar-refractivity contribution in [1.29, 1.82) is 0 Å². The van der Waals surface area contributed by atoms with Crippen molar-refractivity contribution in [2.75, 3.05) is 6.61 Å². The zero-order chi connectivity index (χ0) is 11.5. The Morgan fingerprint density at radius 3 is 2.87 bits per heavy atom. The molecule has 0 N–H and O–H groups in total. The van der Waals surface area contributed by atoms with Gasteiger partial charge in [-0.3, -0.25) is 0 Å². The molecule has 2 heteroatoms. The molecule has 1 rings (SSSR count). The Balaban J connectivity index is 2.69. The van der Waals surface area contributed by atoms with E-state index < -0.39 is 0 Å². The summed E-state index contributed by atoms with van der Waals surface area (Å²) in [5, 5.41) is 0. The van der Waals surface area contributed by atoms with Crippen LogP contribution < -0.4 is 0 Å². The number of allylic oxidation sites excluding steroid dienone is 1. The van der Waals surface area contributed by atoms with Crippen molar-refractivity contribution in [3.8, 4) is 0 Å². The molecule has 1 aliphatic rings. The summed E-state index contributed by atoms with van der Waals surface area (Å²) in [6, 6.07) is 0. The molecule has 2 nitrogen and oxygen atoms in total. The van der Waals surface area contributed by atoms with Crippen LogP contribution in [0.5, 0.6) is 0 Å². The third kappa shape index (κ3) is 3.69. The van der Waals surface area contributed by atoms with Gasteiger partial charge in [0.05, 0.1) is 6.61 Å². The standard InChI is InChI=1S/C13H22O2/c1-5-15-12(14)8-11-9-13(3,4)7-6-10(11)2/h8,10H,5-7,9H2,1-4H3/b11-8-. The van der Waals surface area contributed by atoms with Crippen LogP contribution in [-0.4, -0.2) is 12.6 Å². The Morgan fingerprint density at radius 2 is 2.27 bits per heavy atom. The Bertz CT molecular complexity index is 264. The Hall–Kier alpha value is -0.790. The summed E-state index contributed by atoms with van der Waals surface area (Å²) in [6.45, 7) is 9.01. The summed E-state index contributed by atoms with van der Waals surface area (Å²) in [6.07, 6.45) is 5.15. The summed E-state index contributed by atoms with van der Waals surface area (Å²) in [5.41, 5.74) is 1.59. The zero-order valence-electron chi connectivity index (χ0n) is 10.3. The fourth-order valence-electron chi connectivity index (χ4n) is 2.14. The predicted octanol–water partition coefficient (Wildman–Crippen LogP) is 3.32. The highest BCUT2D eigenvalue weighted by Gasteiger charge is 2.28. The van der Waals surface area contributed by atoms with Crippen LogP contribution in [-0.2, 0) is 9.53 Å². The van der Waals surface area contributed by atoms with Gasteiger partial charge in [0.25, 0.3) is 0 Å². The van der Waals surface area contributed by atoms with Gasteiger partial charge >= 0.3 is 5.97 Å². The topological polar surface area (TPSA) is 26.3 Å². The second-order valence-corrected chi connectivity index (χ2v) is 5.25. The molecular formula is C13H22O2. The fourth-order valence-corrected chi connectivity index (χ4v) is 2.14. The van der Waals surface area contributed by atoms with Gasteiger partial charge in [-0.25, -0.2) is 4.79 Å². The predicted molar refractivity (Wildman–Crippen MR) is 61.5 cm³/mol. The first-order valence-electron chi connectivity index (χ1n) is 5.82. The van der Waals surface area contributed by atoms with Gasteiger partial charge in [0.15, 0.2) is 0 Å². The summed E-state index contributed by atoms with van der Waals surface area (Å²) in [4.78, 5) is 11.4. The maximum absolute atomic E-state index is 11.4. The lowest BCUT2D eigenvalue weighted by molar-refractivity contribution is -0.137. The van der Waals surface area contributed by atoms with E-state index in [-0.39, 0.29) is 5.97 Å². The lowest BCUT2D eigenvalue weighted by atomic mass is 9.71. The number of carbonyl (C=O) groups is 1. The molecule has 0 aromatic carbocycles. The van der Waals surface area contributed by atoms with Crippen LogP contribution in [0, 0.1) is 11.3 Å². The summed E-state index contributed by atoms with van der Waals surface area (Å²) < 4.78 is 4.95. The second kappa shape index (κ2) is 4.82. The van der Waals surface area contributed by atoms with Crippen LogP contribution in [0.3, 0.4) is 0 Å². The minimum absolute atomic E-state index is 0.183. The Kier molecular flexibility index (Phi) is 3.95. The van der Waals surface area contributed by atoms with E-state index in [9.17, 15) is 4.79 Å². The normalized spacial score (nSPS) is 27.7. The molecule has 1 fully saturated rings. The molecule has 0 bridgehead atoms. The number of hydrogen-bond acceptors (Lipinski definition) is 2. The van der Waals surface area contributed by atoms with Crippen LogP contribution in [0.2, 0.25) is 0 Å². The molecule has 0 saturated heterocycles. The maximum atomic E-state index is 11.4. The SMILES string of the molecule is CCOC(=O)/C=C1/CC(C)(C)CCC1C. The van der Waals surface area contributed by atoms with Crippen molar-refractivity contribution in [2.45, 2.75) is 47.0 Å². The van der Waals surface area contributed by atoms with Crippen molar-refractivity contribution in [2.24, 2.45) is 11.3 Å². The van der Waals surface area contributed by atoms with Crippen LogP contribution in [0.4, 0.5) is 0 Å². The summed E-state index contributed by atoms with van der Waals surface area (Å²) in [5.74, 6) is 0.347. The molecule has 0 heterocycles. The highest BCUT2D eigenvalue weighted by atomic mass is 16.5. The Morgan fingerprint density at radius 1 is 1.60 bits per heavy atom. The molecule has 86 valence electrons. The van der Waals surface area contributed by atoms with Gasteiger partial charge in [-0.15, -0.1) is 0 Å². The fraction of sp³-hybridized carbons (Fsp3) is 0.769. The van der Waals surface area contributed by atoms with E-state index in [2.05, 4.69) is 20.8 Å². The molecular weight excluding hydrogens is 188 g/mol. The number of ether oxygens (including phenoxy) is 1. The summed E-state index contributed by atoms with van der Waals surface area (Å²) >= 11 is 0. The van der Waals surface area contributed by atoms with Gasteiger partial charge in [0, 0.05) is 6.08 Å². The van der Waals surface area contributed by atoms with E-state index in [1.807, 2.05) is 6.92 Å². The van der Waals surface area contributed by atoms with Gasteiger partial charge in [-0.2, -0.15) is 0 Å². The van der Waals surface area contributed by atoms with Crippen LogP contribution in [0.15, 0.2) is 11.6 Å². The number of esters is 1. The van der Waals surface area contributed by atoms with E-state index >= 15 is 0 Å². The van der Waals surface area contributed by atoms with Crippen molar-refractivity contribution in [3.63, 3.8) is 0 Å². The van der Waals surface area contributed by atoms with Gasteiger partial charge in [-0.05, 0) is 37.5 Å². The summed E-state index contributed by atoms with van der Waals surface area (Å²) in [7, 11) is 0. The molecule has 0 radical (unpaired) electrons. The minimum atomic E-state index is -0.183.